The van der Waals surface area contributed by atoms with Crippen LogP contribution in [-0.2, 0) is 14.8 Å². The summed E-state index contributed by atoms with van der Waals surface area (Å²) in [5, 5.41) is 14.9. The molecule has 0 aliphatic heterocycles. The molecule has 0 unspecified atom stereocenters. The summed E-state index contributed by atoms with van der Waals surface area (Å²) in [7, 11) is -4.00. The van der Waals surface area contributed by atoms with Crippen molar-refractivity contribution in [2.45, 2.75) is 11.8 Å². The quantitative estimate of drug-likeness (QED) is 0.319. The molecule has 0 radical (unpaired) electrons. The Morgan fingerprint density at radius 1 is 1.06 bits per heavy atom. The van der Waals surface area contributed by atoms with Gasteiger partial charge in [-0.15, -0.1) is 0 Å². The van der Waals surface area contributed by atoms with E-state index in [0.29, 0.717) is 16.8 Å². The number of para-hydroxylation sites is 1. The average Bonchev–Trinajstić information content (AvgIpc) is 2.79. The van der Waals surface area contributed by atoms with Gasteiger partial charge in [-0.25, -0.2) is 13.8 Å². The molecule has 0 fully saturated rings. The molecule has 0 spiro atoms. The van der Waals surface area contributed by atoms with Crippen LogP contribution in [0, 0.1) is 17.0 Å². The van der Waals surface area contributed by atoms with Crippen LogP contribution in [0.2, 0.25) is 0 Å². The van der Waals surface area contributed by atoms with Crippen molar-refractivity contribution in [3.63, 3.8) is 0 Å². The van der Waals surface area contributed by atoms with Gasteiger partial charge in [0.2, 0.25) is 0 Å². The van der Waals surface area contributed by atoms with Gasteiger partial charge in [-0.1, -0.05) is 48.5 Å². The Morgan fingerprint density at radius 2 is 1.69 bits per heavy atom. The van der Waals surface area contributed by atoms with Gasteiger partial charge in [-0.2, -0.15) is 5.10 Å². The van der Waals surface area contributed by atoms with Gasteiger partial charge in [0.25, 0.3) is 21.6 Å². The Bertz CT molecular complexity index is 1250. The number of hydrazone groups is 1. The van der Waals surface area contributed by atoms with Crippen molar-refractivity contribution in [2.24, 2.45) is 5.10 Å². The number of nitrogens with zero attached hydrogens (tertiary/aromatic N) is 3. The molecule has 1 N–H and O–H groups in total. The number of anilines is 1. The van der Waals surface area contributed by atoms with Crippen molar-refractivity contribution in [3.05, 3.63) is 100 Å². The van der Waals surface area contributed by atoms with Crippen LogP contribution >= 0.6 is 0 Å². The minimum Gasteiger partial charge on any atom is -0.271 e. The summed E-state index contributed by atoms with van der Waals surface area (Å²) in [6.45, 7) is 1.11. The number of hydrogen-bond donors (Lipinski definition) is 1. The number of nitro groups is 1. The van der Waals surface area contributed by atoms with Crippen LogP contribution in [-0.4, -0.2) is 32.0 Å². The lowest BCUT2D eigenvalue weighted by Gasteiger charge is -2.23. The van der Waals surface area contributed by atoms with Crippen molar-refractivity contribution in [3.8, 4) is 0 Å². The van der Waals surface area contributed by atoms with Gasteiger partial charge in [-0.3, -0.25) is 19.2 Å². The first-order valence-electron chi connectivity index (χ1n) is 9.49. The second-order valence-electron chi connectivity index (χ2n) is 6.76. The fraction of sp³-hybridized carbons (Fsp3) is 0.0909. The lowest BCUT2D eigenvalue weighted by molar-refractivity contribution is -0.385. The number of benzene rings is 3. The monoisotopic (exact) mass is 452 g/mol. The second-order valence-corrected chi connectivity index (χ2v) is 8.62. The van der Waals surface area contributed by atoms with Gasteiger partial charge in [0.15, 0.2) is 0 Å². The molecule has 1 amide bonds. The van der Waals surface area contributed by atoms with Crippen LogP contribution in [0.3, 0.4) is 0 Å². The number of rotatable bonds is 8. The van der Waals surface area contributed by atoms with Crippen LogP contribution in [0.5, 0.6) is 0 Å². The van der Waals surface area contributed by atoms with E-state index in [1.807, 2.05) is 0 Å². The third-order valence-corrected chi connectivity index (χ3v) is 6.28. The zero-order valence-electron chi connectivity index (χ0n) is 17.1. The molecule has 10 heteroatoms. The first-order valence-corrected chi connectivity index (χ1v) is 10.9. The lowest BCUT2D eigenvalue weighted by atomic mass is 10.1. The number of nitro benzene ring substituents is 1. The Kier molecular flexibility index (Phi) is 6.96. The molecule has 0 heterocycles. The van der Waals surface area contributed by atoms with Gasteiger partial charge in [0, 0.05) is 17.2 Å². The van der Waals surface area contributed by atoms with E-state index in [1.165, 1.54) is 24.4 Å². The number of aryl methyl sites for hydroxylation is 1. The van der Waals surface area contributed by atoms with Crippen LogP contribution in [0.4, 0.5) is 11.4 Å². The molecule has 0 saturated heterocycles. The van der Waals surface area contributed by atoms with E-state index in [9.17, 15) is 23.3 Å². The molecular formula is C22H20N4O5S. The Balaban J connectivity index is 1.79. The fourth-order valence-electron chi connectivity index (χ4n) is 2.88. The van der Waals surface area contributed by atoms with Crippen LogP contribution in [0.25, 0.3) is 0 Å². The first-order chi connectivity index (χ1) is 15.3. The van der Waals surface area contributed by atoms with Crippen LogP contribution in [0.15, 0.2) is 88.9 Å². The summed E-state index contributed by atoms with van der Waals surface area (Å²) >= 11 is 0. The maximum atomic E-state index is 13.1. The predicted octanol–water partition coefficient (Wildman–Crippen LogP) is 3.25. The molecule has 3 aromatic rings. The van der Waals surface area contributed by atoms with Crippen molar-refractivity contribution in [1.82, 2.24) is 5.43 Å². The molecule has 0 bridgehead atoms. The summed E-state index contributed by atoms with van der Waals surface area (Å²) in [5.41, 5.74) is 3.45. The number of nitrogens with one attached hydrogen (secondary N) is 1. The minimum absolute atomic E-state index is 0.0483. The molecule has 164 valence electrons. The molecule has 0 aliphatic rings. The predicted molar refractivity (Wildman–Crippen MR) is 121 cm³/mol. The number of carbonyl (C=O) groups excluding carboxylic acids is 1. The molecule has 0 aliphatic carbocycles. The Morgan fingerprint density at radius 3 is 2.31 bits per heavy atom. The van der Waals surface area contributed by atoms with Crippen molar-refractivity contribution in [1.29, 1.82) is 0 Å². The molecular weight excluding hydrogens is 432 g/mol. The summed E-state index contributed by atoms with van der Waals surface area (Å²) < 4.78 is 27.3. The third kappa shape index (κ3) is 5.35. The van der Waals surface area contributed by atoms with Gasteiger partial charge in [-0.05, 0) is 31.2 Å². The summed E-state index contributed by atoms with van der Waals surface area (Å²) in [6, 6.07) is 20.6. The zero-order valence-corrected chi connectivity index (χ0v) is 17.9. The second kappa shape index (κ2) is 9.84. The Hall–Kier alpha value is -4.05. The standard InChI is InChI=1S/C22H20N4O5S/c1-17-12-13-18(14-21(17)26(28)29)15-23-24-22(27)16-25(19-8-4-2-5-9-19)32(30,31)20-10-6-3-7-11-20/h2-15H,16H2,1H3,(H,24,27)/b23-15-. The fourth-order valence-corrected chi connectivity index (χ4v) is 4.32. The molecule has 0 aromatic heterocycles. The van der Waals surface area contributed by atoms with Crippen molar-refractivity contribution < 1.29 is 18.1 Å². The summed E-state index contributed by atoms with van der Waals surface area (Å²) in [5.74, 6) is -0.675. The Labute approximate surface area is 185 Å². The number of carbonyl (C=O) groups is 1. The van der Waals surface area contributed by atoms with Crippen LogP contribution in [0.1, 0.15) is 11.1 Å². The number of amides is 1. The number of hydrogen-bond acceptors (Lipinski definition) is 6. The molecule has 3 rings (SSSR count). The maximum Gasteiger partial charge on any atom is 0.272 e. The zero-order chi connectivity index (χ0) is 23.1. The molecule has 9 nitrogen and oxygen atoms in total. The van der Waals surface area contributed by atoms with Crippen molar-refractivity contribution >= 4 is 33.5 Å². The van der Waals surface area contributed by atoms with E-state index in [4.69, 9.17) is 0 Å². The third-order valence-electron chi connectivity index (χ3n) is 4.50. The summed E-state index contributed by atoms with van der Waals surface area (Å²) in [6.07, 6.45) is 1.25. The number of sulfonamides is 1. The van der Waals surface area contributed by atoms with E-state index in [2.05, 4.69) is 10.5 Å². The lowest BCUT2D eigenvalue weighted by Crippen LogP contribution is -2.39. The van der Waals surface area contributed by atoms with E-state index in [0.717, 1.165) is 4.31 Å². The van der Waals surface area contributed by atoms with Gasteiger partial charge in [0.05, 0.1) is 21.7 Å². The van der Waals surface area contributed by atoms with E-state index in [1.54, 1.807) is 67.6 Å². The highest BCUT2D eigenvalue weighted by atomic mass is 32.2. The largest absolute Gasteiger partial charge is 0.272 e. The molecule has 3 aromatic carbocycles. The highest BCUT2D eigenvalue weighted by Crippen LogP contribution is 2.23. The molecule has 0 saturated carbocycles. The highest BCUT2D eigenvalue weighted by molar-refractivity contribution is 7.92. The van der Waals surface area contributed by atoms with Gasteiger partial charge >= 0.3 is 0 Å². The smallest absolute Gasteiger partial charge is 0.271 e. The first kappa shape index (κ1) is 22.6. The SMILES string of the molecule is Cc1ccc(/C=N\NC(=O)CN(c2ccccc2)S(=O)(=O)c2ccccc2)cc1[N+](=O)[O-]. The summed E-state index contributed by atoms with van der Waals surface area (Å²) in [4.78, 5) is 23.1. The normalized spacial score (nSPS) is 11.3. The maximum absolute atomic E-state index is 13.1. The minimum atomic E-state index is -4.00. The highest BCUT2D eigenvalue weighted by Gasteiger charge is 2.26. The molecule has 0 atom stereocenters. The van der Waals surface area contributed by atoms with Gasteiger partial charge in [0.1, 0.15) is 6.54 Å². The van der Waals surface area contributed by atoms with E-state index >= 15 is 0 Å². The molecule has 32 heavy (non-hydrogen) atoms. The van der Waals surface area contributed by atoms with Crippen LogP contribution < -0.4 is 9.73 Å². The van der Waals surface area contributed by atoms with Crippen molar-refractivity contribution in [2.75, 3.05) is 10.8 Å². The van der Waals surface area contributed by atoms with Gasteiger partial charge < -0.3 is 0 Å². The average molecular weight is 452 g/mol. The van der Waals surface area contributed by atoms with E-state index < -0.39 is 27.4 Å². The van der Waals surface area contributed by atoms with E-state index in [-0.39, 0.29) is 10.6 Å². The topological polar surface area (TPSA) is 122 Å².